The van der Waals surface area contributed by atoms with Crippen LogP contribution in [0.15, 0.2) is 52.6 Å². The maximum atomic E-state index is 14.3. The zero-order chi connectivity index (χ0) is 25.9. The van der Waals surface area contributed by atoms with Gasteiger partial charge in [-0.2, -0.15) is 5.10 Å². The molecule has 0 unspecified atom stereocenters. The van der Waals surface area contributed by atoms with Crippen LogP contribution in [0.1, 0.15) is 67.2 Å². The predicted molar refractivity (Wildman–Crippen MR) is 152 cm³/mol. The number of hydrazone groups is 1. The SMILES string of the molecule is Cc1ccc2c(c1)N(Cc1ccc(CC3=NCCN3)cc1)C(=O)N(C1CCOCC1)N=C2C1CCCCC1. The Hall–Kier alpha value is -3.19. The molecule has 7 heteroatoms. The zero-order valence-corrected chi connectivity index (χ0v) is 22.5. The van der Waals surface area contributed by atoms with Crippen molar-refractivity contribution in [2.45, 2.75) is 70.9 Å². The Morgan fingerprint density at radius 2 is 1.74 bits per heavy atom. The Bertz CT molecular complexity index is 1210. The maximum Gasteiger partial charge on any atom is 0.345 e. The third-order valence-corrected chi connectivity index (χ3v) is 8.37. The smallest absolute Gasteiger partial charge is 0.345 e. The molecule has 0 atom stereocenters. The van der Waals surface area contributed by atoms with E-state index in [1.807, 2.05) is 9.91 Å². The van der Waals surface area contributed by atoms with Gasteiger partial charge in [-0.1, -0.05) is 55.7 Å². The molecule has 1 N–H and O–H groups in total. The molecule has 3 heterocycles. The number of anilines is 1. The molecule has 2 aromatic carbocycles. The van der Waals surface area contributed by atoms with Crippen LogP contribution in [0.2, 0.25) is 0 Å². The largest absolute Gasteiger partial charge is 0.381 e. The van der Waals surface area contributed by atoms with Gasteiger partial charge in [-0.05, 0) is 55.4 Å². The zero-order valence-electron chi connectivity index (χ0n) is 22.5. The summed E-state index contributed by atoms with van der Waals surface area (Å²) in [7, 11) is 0. The lowest BCUT2D eigenvalue weighted by Crippen LogP contribution is -2.46. The highest BCUT2D eigenvalue weighted by Crippen LogP contribution is 2.36. The van der Waals surface area contributed by atoms with Crippen molar-refractivity contribution in [2.24, 2.45) is 16.0 Å². The number of nitrogens with zero attached hydrogens (tertiary/aromatic N) is 4. The van der Waals surface area contributed by atoms with Crippen molar-refractivity contribution in [3.05, 3.63) is 64.7 Å². The van der Waals surface area contributed by atoms with Gasteiger partial charge in [-0.15, -0.1) is 0 Å². The molecule has 1 aliphatic carbocycles. The van der Waals surface area contributed by atoms with Gasteiger partial charge in [0.05, 0.1) is 30.5 Å². The van der Waals surface area contributed by atoms with E-state index in [1.165, 1.54) is 24.8 Å². The first-order valence-corrected chi connectivity index (χ1v) is 14.4. The molecule has 4 aliphatic rings. The number of ether oxygens (including phenoxy) is 1. The minimum absolute atomic E-state index is 0.0249. The molecule has 7 nitrogen and oxygen atoms in total. The van der Waals surface area contributed by atoms with Crippen LogP contribution < -0.4 is 10.2 Å². The molecule has 2 aromatic rings. The molecule has 2 amide bonds. The minimum Gasteiger partial charge on any atom is -0.381 e. The van der Waals surface area contributed by atoms with Crippen LogP contribution in [0.4, 0.5) is 10.5 Å². The summed E-state index contributed by atoms with van der Waals surface area (Å²) >= 11 is 0. The van der Waals surface area contributed by atoms with Crippen molar-refractivity contribution in [1.29, 1.82) is 0 Å². The first-order valence-electron chi connectivity index (χ1n) is 14.4. The molecule has 1 saturated heterocycles. The van der Waals surface area contributed by atoms with Gasteiger partial charge in [0.1, 0.15) is 5.84 Å². The van der Waals surface area contributed by atoms with Gasteiger partial charge in [0.2, 0.25) is 0 Å². The number of amidine groups is 1. The Morgan fingerprint density at radius 3 is 2.47 bits per heavy atom. The summed E-state index contributed by atoms with van der Waals surface area (Å²) in [5.41, 5.74) is 6.71. The molecular weight excluding hydrogens is 474 g/mol. The predicted octanol–water partition coefficient (Wildman–Crippen LogP) is 5.44. The molecule has 0 aromatic heterocycles. The van der Waals surface area contributed by atoms with Crippen LogP contribution >= 0.6 is 0 Å². The van der Waals surface area contributed by atoms with Gasteiger partial charge >= 0.3 is 6.03 Å². The number of benzene rings is 2. The molecule has 6 rings (SSSR count). The van der Waals surface area contributed by atoms with Crippen LogP contribution in [-0.2, 0) is 17.7 Å². The van der Waals surface area contributed by atoms with Crippen molar-refractivity contribution in [1.82, 2.24) is 10.3 Å². The van der Waals surface area contributed by atoms with E-state index >= 15 is 0 Å². The number of carbonyl (C=O) groups excluding carboxylic acids is 1. The number of aryl methyl sites for hydroxylation is 1. The van der Waals surface area contributed by atoms with Gasteiger partial charge in [-0.25, -0.2) is 9.80 Å². The van der Waals surface area contributed by atoms with E-state index in [2.05, 4.69) is 59.7 Å². The number of amides is 2. The lowest BCUT2D eigenvalue weighted by atomic mass is 9.82. The third kappa shape index (κ3) is 5.35. The second-order valence-corrected chi connectivity index (χ2v) is 11.1. The molecule has 2 fully saturated rings. The number of nitrogens with one attached hydrogen (secondary N) is 1. The minimum atomic E-state index is -0.0249. The molecule has 0 radical (unpaired) electrons. The number of hydrogen-bond donors (Lipinski definition) is 1. The normalized spacial score (nSPS) is 21.0. The maximum absolute atomic E-state index is 14.3. The quantitative estimate of drug-likeness (QED) is 0.559. The molecule has 38 heavy (non-hydrogen) atoms. The van der Waals surface area contributed by atoms with Crippen molar-refractivity contribution in [3.8, 4) is 0 Å². The summed E-state index contributed by atoms with van der Waals surface area (Å²) in [6.45, 7) is 5.76. The summed E-state index contributed by atoms with van der Waals surface area (Å²) in [4.78, 5) is 20.8. The van der Waals surface area contributed by atoms with Crippen LogP contribution in [0.25, 0.3) is 0 Å². The number of aliphatic imine (C=N–C) groups is 1. The lowest BCUT2D eigenvalue weighted by Gasteiger charge is -2.33. The van der Waals surface area contributed by atoms with E-state index in [4.69, 9.17) is 9.84 Å². The summed E-state index contributed by atoms with van der Waals surface area (Å²) in [5, 5.41) is 10.4. The van der Waals surface area contributed by atoms with Gasteiger partial charge in [0, 0.05) is 37.7 Å². The standard InChI is InChI=1S/C31H39N5O2/c1-22-7-12-27-28(19-22)35(21-24-10-8-23(9-11-24)20-29-32-15-16-33-29)31(37)36(26-13-17-38-18-14-26)34-30(27)25-5-3-2-4-6-25/h7-12,19,25-26H,2-6,13-18,20-21H2,1H3,(H,32,33). The number of urea groups is 1. The fraction of sp³-hybridized carbons (Fsp3) is 0.516. The van der Waals surface area contributed by atoms with Crippen molar-refractivity contribution in [3.63, 3.8) is 0 Å². The van der Waals surface area contributed by atoms with Crippen LogP contribution in [0.3, 0.4) is 0 Å². The molecular formula is C31H39N5O2. The first-order chi connectivity index (χ1) is 18.7. The molecule has 1 saturated carbocycles. The van der Waals surface area contributed by atoms with E-state index in [0.717, 1.165) is 79.1 Å². The summed E-state index contributed by atoms with van der Waals surface area (Å²) < 4.78 is 5.65. The molecule has 0 bridgehead atoms. The van der Waals surface area contributed by atoms with Gasteiger partial charge in [0.25, 0.3) is 0 Å². The van der Waals surface area contributed by atoms with E-state index in [-0.39, 0.29) is 12.1 Å². The van der Waals surface area contributed by atoms with E-state index in [1.54, 1.807) is 0 Å². The van der Waals surface area contributed by atoms with E-state index in [9.17, 15) is 4.79 Å². The monoisotopic (exact) mass is 513 g/mol. The fourth-order valence-electron chi connectivity index (χ4n) is 6.22. The Kier molecular flexibility index (Phi) is 7.45. The van der Waals surface area contributed by atoms with Crippen LogP contribution in [0.5, 0.6) is 0 Å². The fourth-order valence-corrected chi connectivity index (χ4v) is 6.22. The van der Waals surface area contributed by atoms with Crippen molar-refractivity contribution in [2.75, 3.05) is 31.2 Å². The second-order valence-electron chi connectivity index (χ2n) is 11.1. The average molecular weight is 514 g/mol. The van der Waals surface area contributed by atoms with Crippen molar-refractivity contribution < 1.29 is 9.53 Å². The highest BCUT2D eigenvalue weighted by Gasteiger charge is 2.37. The number of carbonyl (C=O) groups is 1. The highest BCUT2D eigenvalue weighted by atomic mass is 16.5. The molecule has 3 aliphatic heterocycles. The Labute approximate surface area is 226 Å². The van der Waals surface area contributed by atoms with Gasteiger partial charge in [0.15, 0.2) is 0 Å². The number of fused-ring (bicyclic) bond motifs is 1. The topological polar surface area (TPSA) is 69.5 Å². The Balaban J connectivity index is 1.35. The molecule has 0 spiro atoms. The summed E-state index contributed by atoms with van der Waals surface area (Å²) in [6, 6.07) is 15.2. The average Bonchev–Trinajstić information content (AvgIpc) is 3.43. The van der Waals surface area contributed by atoms with Gasteiger partial charge < -0.3 is 10.1 Å². The van der Waals surface area contributed by atoms with Gasteiger partial charge in [-0.3, -0.25) is 9.89 Å². The van der Waals surface area contributed by atoms with E-state index < -0.39 is 0 Å². The number of rotatable bonds is 6. The highest BCUT2D eigenvalue weighted by molar-refractivity contribution is 6.11. The summed E-state index contributed by atoms with van der Waals surface area (Å²) in [6.07, 6.45) is 8.50. The summed E-state index contributed by atoms with van der Waals surface area (Å²) in [5.74, 6) is 1.45. The Morgan fingerprint density at radius 1 is 0.974 bits per heavy atom. The van der Waals surface area contributed by atoms with E-state index in [0.29, 0.717) is 25.7 Å². The third-order valence-electron chi connectivity index (χ3n) is 8.37. The first kappa shape index (κ1) is 25.1. The van der Waals surface area contributed by atoms with Crippen LogP contribution in [0, 0.1) is 12.8 Å². The molecule has 200 valence electrons. The van der Waals surface area contributed by atoms with Crippen molar-refractivity contribution >= 4 is 23.3 Å². The van der Waals surface area contributed by atoms with Crippen LogP contribution in [-0.4, -0.2) is 54.9 Å². The second kappa shape index (κ2) is 11.3. The number of hydrogen-bond acceptors (Lipinski definition) is 5. The lowest BCUT2D eigenvalue weighted by molar-refractivity contribution is 0.0476.